The first-order valence-corrected chi connectivity index (χ1v) is 7.26. The van der Waals surface area contributed by atoms with Crippen molar-refractivity contribution in [3.8, 4) is 0 Å². The van der Waals surface area contributed by atoms with Crippen LogP contribution in [0.25, 0.3) is 0 Å². The maximum absolute atomic E-state index is 12.2. The molecule has 0 saturated carbocycles. The number of amides is 2. The molecule has 3 unspecified atom stereocenters. The number of likely N-dealkylation sites (tertiary alicyclic amines) is 1. The monoisotopic (exact) mass is 285 g/mol. The van der Waals surface area contributed by atoms with Crippen LogP contribution in [0, 0.1) is 5.92 Å². The van der Waals surface area contributed by atoms with E-state index in [1.807, 2.05) is 27.9 Å². The minimum Gasteiger partial charge on any atom is -0.481 e. The van der Waals surface area contributed by atoms with Crippen molar-refractivity contribution in [1.82, 2.24) is 15.1 Å². The predicted octanol–water partition coefficient (Wildman–Crippen LogP) is 1.22. The van der Waals surface area contributed by atoms with Crippen LogP contribution < -0.4 is 5.32 Å². The molecule has 0 aliphatic carbocycles. The van der Waals surface area contributed by atoms with Gasteiger partial charge in [-0.2, -0.15) is 0 Å². The number of rotatable bonds is 5. The highest BCUT2D eigenvalue weighted by atomic mass is 16.4. The average Bonchev–Trinajstić information content (AvgIpc) is 2.35. The first kappa shape index (κ1) is 16.8. The van der Waals surface area contributed by atoms with Crippen molar-refractivity contribution in [1.29, 1.82) is 0 Å². The summed E-state index contributed by atoms with van der Waals surface area (Å²) in [5.74, 6) is -1.07. The number of nitrogens with one attached hydrogen (secondary N) is 1. The normalized spacial score (nSPS) is 24.6. The summed E-state index contributed by atoms with van der Waals surface area (Å²) in [6.45, 7) is 5.36. The summed E-state index contributed by atoms with van der Waals surface area (Å²) in [5.41, 5.74) is 0. The lowest BCUT2D eigenvalue weighted by Crippen LogP contribution is -2.52. The molecule has 0 radical (unpaired) electrons. The molecule has 0 spiro atoms. The van der Waals surface area contributed by atoms with Crippen LogP contribution >= 0.6 is 0 Å². The fraction of sp³-hybridized carbons (Fsp3) is 0.857. The summed E-state index contributed by atoms with van der Waals surface area (Å²) in [6, 6.07) is 0.0211. The molecule has 0 bridgehead atoms. The van der Waals surface area contributed by atoms with Gasteiger partial charge in [-0.3, -0.25) is 4.79 Å². The van der Waals surface area contributed by atoms with Gasteiger partial charge in [0.2, 0.25) is 0 Å². The Morgan fingerprint density at radius 3 is 2.60 bits per heavy atom. The third kappa shape index (κ3) is 5.00. The molecule has 0 aromatic heterocycles. The highest BCUT2D eigenvalue weighted by Gasteiger charge is 2.32. The molecule has 20 heavy (non-hydrogen) atoms. The lowest BCUT2D eigenvalue weighted by Gasteiger charge is -2.36. The van der Waals surface area contributed by atoms with E-state index < -0.39 is 5.97 Å². The van der Waals surface area contributed by atoms with Crippen LogP contribution in [0.5, 0.6) is 0 Å². The Kier molecular flexibility index (Phi) is 6.26. The summed E-state index contributed by atoms with van der Waals surface area (Å²) in [4.78, 5) is 27.0. The first-order chi connectivity index (χ1) is 9.31. The Bertz CT molecular complexity index is 347. The molecule has 0 aromatic rings. The van der Waals surface area contributed by atoms with Gasteiger partial charge in [0.15, 0.2) is 0 Å². The number of urea groups is 1. The van der Waals surface area contributed by atoms with Gasteiger partial charge in [-0.1, -0.05) is 0 Å². The zero-order chi connectivity index (χ0) is 15.3. The third-order valence-electron chi connectivity index (χ3n) is 3.87. The lowest BCUT2D eigenvalue weighted by molar-refractivity contribution is -0.143. The summed E-state index contributed by atoms with van der Waals surface area (Å²) < 4.78 is 0. The quantitative estimate of drug-likeness (QED) is 0.796. The minimum atomic E-state index is -0.753. The van der Waals surface area contributed by atoms with Gasteiger partial charge >= 0.3 is 12.0 Å². The number of aliphatic carboxylic acids is 1. The number of carboxylic acids is 1. The standard InChI is InChI=1S/C14H27N3O3/c1-10(5-7-16(3)4)15-14(20)17-8-6-12(13(18)19)9-11(17)2/h10-12H,5-9H2,1-4H3,(H,15,20)(H,18,19). The summed E-state index contributed by atoms with van der Waals surface area (Å²) in [5, 5.41) is 12.0. The van der Waals surface area contributed by atoms with Crippen LogP contribution in [0.4, 0.5) is 4.79 Å². The van der Waals surface area contributed by atoms with Gasteiger partial charge in [-0.25, -0.2) is 4.79 Å². The minimum absolute atomic E-state index is 0.0223. The van der Waals surface area contributed by atoms with Crippen LogP contribution in [0.1, 0.15) is 33.1 Å². The van der Waals surface area contributed by atoms with Gasteiger partial charge in [-0.05, 0) is 53.8 Å². The van der Waals surface area contributed by atoms with Crippen molar-refractivity contribution in [2.24, 2.45) is 5.92 Å². The highest BCUT2D eigenvalue weighted by molar-refractivity contribution is 5.76. The summed E-state index contributed by atoms with van der Waals surface area (Å²) >= 11 is 0. The van der Waals surface area contributed by atoms with Crippen molar-refractivity contribution in [2.45, 2.75) is 45.2 Å². The molecule has 0 aromatic carbocycles. The summed E-state index contributed by atoms with van der Waals surface area (Å²) in [7, 11) is 4.01. The second kappa shape index (κ2) is 7.47. The second-order valence-electron chi connectivity index (χ2n) is 6.04. The van der Waals surface area contributed by atoms with E-state index in [4.69, 9.17) is 5.11 Å². The summed E-state index contributed by atoms with van der Waals surface area (Å²) in [6.07, 6.45) is 1.98. The van der Waals surface area contributed by atoms with Crippen molar-refractivity contribution in [2.75, 3.05) is 27.2 Å². The Labute approximate surface area is 121 Å². The zero-order valence-electron chi connectivity index (χ0n) is 12.9. The van der Waals surface area contributed by atoms with Gasteiger partial charge in [0.05, 0.1) is 5.92 Å². The fourth-order valence-electron chi connectivity index (χ4n) is 2.52. The van der Waals surface area contributed by atoms with Crippen molar-refractivity contribution in [3.63, 3.8) is 0 Å². The molecule has 2 amide bonds. The molecular formula is C14H27N3O3. The molecule has 1 fully saturated rings. The molecule has 6 nitrogen and oxygen atoms in total. The number of piperidine rings is 1. The average molecular weight is 285 g/mol. The van der Waals surface area contributed by atoms with E-state index in [0.29, 0.717) is 19.4 Å². The molecular weight excluding hydrogens is 258 g/mol. The Morgan fingerprint density at radius 1 is 1.45 bits per heavy atom. The van der Waals surface area contributed by atoms with E-state index in [0.717, 1.165) is 13.0 Å². The number of hydrogen-bond acceptors (Lipinski definition) is 3. The van der Waals surface area contributed by atoms with Crippen LogP contribution in [0.3, 0.4) is 0 Å². The van der Waals surface area contributed by atoms with E-state index in [9.17, 15) is 9.59 Å². The Hall–Kier alpha value is -1.30. The van der Waals surface area contributed by atoms with Crippen LogP contribution in [0.15, 0.2) is 0 Å². The molecule has 1 heterocycles. The molecule has 6 heteroatoms. The van der Waals surface area contributed by atoms with E-state index in [1.54, 1.807) is 4.90 Å². The number of carboxylic acid groups (broad SMARTS) is 1. The van der Waals surface area contributed by atoms with Crippen LogP contribution in [0.2, 0.25) is 0 Å². The molecule has 1 saturated heterocycles. The molecule has 2 N–H and O–H groups in total. The molecule has 3 atom stereocenters. The predicted molar refractivity (Wildman–Crippen MR) is 77.7 cm³/mol. The topological polar surface area (TPSA) is 72.9 Å². The largest absolute Gasteiger partial charge is 0.481 e. The zero-order valence-corrected chi connectivity index (χ0v) is 12.9. The fourth-order valence-corrected chi connectivity index (χ4v) is 2.52. The number of hydrogen-bond donors (Lipinski definition) is 2. The molecule has 116 valence electrons. The van der Waals surface area contributed by atoms with Gasteiger partial charge in [0, 0.05) is 18.6 Å². The molecule has 1 aliphatic heterocycles. The van der Waals surface area contributed by atoms with Gasteiger partial charge in [-0.15, -0.1) is 0 Å². The molecule has 1 rings (SSSR count). The van der Waals surface area contributed by atoms with Crippen molar-refractivity contribution >= 4 is 12.0 Å². The van der Waals surface area contributed by atoms with Gasteiger partial charge in [0.1, 0.15) is 0 Å². The number of nitrogens with zero attached hydrogens (tertiary/aromatic N) is 2. The van der Waals surface area contributed by atoms with E-state index >= 15 is 0 Å². The maximum atomic E-state index is 12.2. The Morgan fingerprint density at radius 2 is 2.10 bits per heavy atom. The Balaban J connectivity index is 2.42. The SMILES string of the molecule is CC(CCN(C)C)NC(=O)N1CCC(C(=O)O)CC1C. The lowest BCUT2D eigenvalue weighted by atomic mass is 9.92. The van der Waals surface area contributed by atoms with Crippen LogP contribution in [-0.2, 0) is 4.79 Å². The maximum Gasteiger partial charge on any atom is 0.317 e. The first-order valence-electron chi connectivity index (χ1n) is 7.26. The third-order valence-corrected chi connectivity index (χ3v) is 3.87. The van der Waals surface area contributed by atoms with Crippen molar-refractivity contribution < 1.29 is 14.7 Å². The van der Waals surface area contributed by atoms with Gasteiger partial charge < -0.3 is 20.2 Å². The van der Waals surface area contributed by atoms with Crippen LogP contribution in [-0.4, -0.2) is 66.2 Å². The highest BCUT2D eigenvalue weighted by Crippen LogP contribution is 2.23. The number of carbonyl (C=O) groups excluding carboxylic acids is 1. The molecule has 1 aliphatic rings. The van der Waals surface area contributed by atoms with Crippen molar-refractivity contribution in [3.05, 3.63) is 0 Å². The smallest absolute Gasteiger partial charge is 0.317 e. The van der Waals surface area contributed by atoms with E-state index in [2.05, 4.69) is 10.2 Å². The van der Waals surface area contributed by atoms with E-state index in [1.165, 1.54) is 0 Å². The second-order valence-corrected chi connectivity index (χ2v) is 6.04. The van der Waals surface area contributed by atoms with Gasteiger partial charge in [0.25, 0.3) is 0 Å². The number of carbonyl (C=O) groups is 2. The van der Waals surface area contributed by atoms with E-state index in [-0.39, 0.29) is 24.0 Å².